The van der Waals surface area contributed by atoms with Gasteiger partial charge in [0.2, 0.25) is 8.32 Å². The summed E-state index contributed by atoms with van der Waals surface area (Å²) >= 11 is 3.01. The van der Waals surface area contributed by atoms with Gasteiger partial charge >= 0.3 is 5.97 Å². The van der Waals surface area contributed by atoms with Crippen molar-refractivity contribution in [1.82, 2.24) is 0 Å². The van der Waals surface area contributed by atoms with Crippen molar-refractivity contribution in [3.05, 3.63) is 34.3 Å². The van der Waals surface area contributed by atoms with Crippen LogP contribution in [0.4, 0.5) is 0 Å². The van der Waals surface area contributed by atoms with Gasteiger partial charge in [0.15, 0.2) is 0 Å². The molecule has 3 nitrogen and oxygen atoms in total. The lowest BCUT2D eigenvalue weighted by Gasteiger charge is -2.36. The van der Waals surface area contributed by atoms with Crippen molar-refractivity contribution in [1.29, 1.82) is 0 Å². The molecular formula is C15H21BrO3Si. The first-order valence-electron chi connectivity index (χ1n) is 6.42. The van der Waals surface area contributed by atoms with Gasteiger partial charge in [-0.3, -0.25) is 0 Å². The van der Waals surface area contributed by atoms with E-state index in [2.05, 4.69) is 49.8 Å². The molecule has 0 heterocycles. The van der Waals surface area contributed by atoms with Crippen molar-refractivity contribution in [2.45, 2.75) is 38.9 Å². The average molecular weight is 357 g/mol. The maximum absolute atomic E-state index is 10.7. The highest BCUT2D eigenvalue weighted by atomic mass is 79.9. The van der Waals surface area contributed by atoms with Gasteiger partial charge < -0.3 is 9.53 Å². The Bertz CT molecular complexity index is 513. The minimum absolute atomic E-state index is 0.135. The van der Waals surface area contributed by atoms with E-state index in [0.717, 1.165) is 11.3 Å². The molecule has 5 heteroatoms. The maximum atomic E-state index is 10.7. The fourth-order valence-corrected chi connectivity index (χ4v) is 2.58. The second-order valence-electron chi connectivity index (χ2n) is 6.23. The van der Waals surface area contributed by atoms with E-state index in [4.69, 9.17) is 9.53 Å². The molecule has 0 bridgehead atoms. The summed E-state index contributed by atoms with van der Waals surface area (Å²) in [5.41, 5.74) is 0.821. The van der Waals surface area contributed by atoms with Crippen LogP contribution in [-0.4, -0.2) is 19.4 Å². The Balaban J connectivity index is 2.88. The molecule has 0 atom stereocenters. The van der Waals surface area contributed by atoms with Gasteiger partial charge in [0.25, 0.3) is 0 Å². The Morgan fingerprint density at radius 3 is 2.15 bits per heavy atom. The maximum Gasteiger partial charge on any atom is 0.342 e. The van der Waals surface area contributed by atoms with Crippen molar-refractivity contribution in [2.24, 2.45) is 0 Å². The average Bonchev–Trinajstić information content (AvgIpc) is 2.29. The fraction of sp³-hybridized carbons (Fsp3) is 0.400. The Labute approximate surface area is 129 Å². The normalized spacial score (nSPS) is 13.2. The standard InChI is InChI=1S/C15H21BrO3Si/c1-15(2,3)20(4,5)19-12-8-6-11(7-9-12)10-13(16)14(17)18/h6-10H,1-5H3,(H,17,18)/b13-10+. The molecule has 0 saturated heterocycles. The van der Waals surface area contributed by atoms with Crippen LogP contribution in [0.1, 0.15) is 26.3 Å². The van der Waals surface area contributed by atoms with Crippen LogP contribution in [0.5, 0.6) is 5.75 Å². The Hall–Kier alpha value is -1.07. The number of carboxylic acid groups (broad SMARTS) is 1. The molecule has 0 aliphatic carbocycles. The van der Waals surface area contributed by atoms with E-state index in [0.29, 0.717) is 0 Å². The van der Waals surface area contributed by atoms with Crippen molar-refractivity contribution in [3.63, 3.8) is 0 Å². The van der Waals surface area contributed by atoms with Crippen LogP contribution in [0.3, 0.4) is 0 Å². The van der Waals surface area contributed by atoms with Crippen molar-refractivity contribution in [3.8, 4) is 5.75 Å². The first-order valence-corrected chi connectivity index (χ1v) is 10.1. The van der Waals surface area contributed by atoms with Crippen LogP contribution in [0, 0.1) is 0 Å². The van der Waals surface area contributed by atoms with Gasteiger partial charge in [0.1, 0.15) is 10.2 Å². The van der Waals surface area contributed by atoms with Gasteiger partial charge in [-0.25, -0.2) is 4.79 Å². The SMILES string of the molecule is CC(C)(C)[Si](C)(C)Oc1ccc(/C=C(/Br)C(=O)O)cc1. The molecule has 0 unspecified atom stereocenters. The summed E-state index contributed by atoms with van der Waals surface area (Å²) in [5.74, 6) is -0.146. The van der Waals surface area contributed by atoms with Crippen molar-refractivity contribution < 1.29 is 14.3 Å². The van der Waals surface area contributed by atoms with E-state index in [1.54, 1.807) is 6.08 Å². The third-order valence-corrected chi connectivity index (χ3v) is 8.48. The van der Waals surface area contributed by atoms with Crippen LogP contribution in [0.15, 0.2) is 28.7 Å². The number of benzene rings is 1. The third-order valence-electron chi connectivity index (χ3n) is 3.56. The molecule has 110 valence electrons. The quantitative estimate of drug-likeness (QED) is 0.616. The van der Waals surface area contributed by atoms with Crippen molar-refractivity contribution in [2.75, 3.05) is 0 Å². The van der Waals surface area contributed by atoms with E-state index < -0.39 is 14.3 Å². The first-order chi connectivity index (χ1) is 9.03. The third kappa shape index (κ3) is 4.49. The molecule has 20 heavy (non-hydrogen) atoms. The Morgan fingerprint density at radius 2 is 1.75 bits per heavy atom. The molecule has 0 aliphatic heterocycles. The highest BCUT2D eigenvalue weighted by Gasteiger charge is 2.38. The summed E-state index contributed by atoms with van der Waals surface area (Å²) in [4.78, 5) is 10.7. The van der Waals surface area contributed by atoms with Crippen LogP contribution < -0.4 is 4.43 Å². The topological polar surface area (TPSA) is 46.5 Å². The lowest BCUT2D eigenvalue weighted by atomic mass is 10.2. The summed E-state index contributed by atoms with van der Waals surface area (Å²) in [5, 5.41) is 8.96. The molecule has 0 amide bonds. The van der Waals surface area contributed by atoms with Crippen LogP contribution in [0.2, 0.25) is 18.1 Å². The molecule has 1 aromatic carbocycles. The number of hydrogen-bond donors (Lipinski definition) is 1. The Kier molecular flexibility index (Phi) is 5.21. The van der Waals surface area contributed by atoms with Gasteiger partial charge in [0, 0.05) is 0 Å². The summed E-state index contributed by atoms with van der Waals surface area (Å²) < 4.78 is 6.30. The molecule has 0 fully saturated rings. The van der Waals surface area contributed by atoms with Gasteiger partial charge in [0.05, 0.1) is 0 Å². The second-order valence-corrected chi connectivity index (χ2v) is 11.8. The molecular weight excluding hydrogens is 336 g/mol. The lowest BCUT2D eigenvalue weighted by molar-refractivity contribution is -0.131. The number of rotatable bonds is 4. The van der Waals surface area contributed by atoms with E-state index in [-0.39, 0.29) is 9.52 Å². The Morgan fingerprint density at radius 1 is 1.25 bits per heavy atom. The minimum atomic E-state index is -1.83. The van der Waals surface area contributed by atoms with Gasteiger partial charge in [-0.2, -0.15) is 0 Å². The summed E-state index contributed by atoms with van der Waals surface area (Å²) in [6.07, 6.45) is 1.57. The highest BCUT2D eigenvalue weighted by Crippen LogP contribution is 2.37. The minimum Gasteiger partial charge on any atom is -0.544 e. The summed E-state index contributed by atoms with van der Waals surface area (Å²) in [7, 11) is -1.83. The summed E-state index contributed by atoms with van der Waals surface area (Å²) in [6, 6.07) is 7.47. The zero-order valence-electron chi connectivity index (χ0n) is 12.5. The van der Waals surface area contributed by atoms with Gasteiger partial charge in [-0.1, -0.05) is 32.9 Å². The van der Waals surface area contributed by atoms with Crippen molar-refractivity contribution >= 4 is 36.3 Å². The summed E-state index contributed by atoms with van der Waals surface area (Å²) in [6.45, 7) is 11.0. The number of aliphatic carboxylic acids is 1. The molecule has 1 aromatic rings. The molecule has 0 spiro atoms. The fourth-order valence-electron chi connectivity index (χ4n) is 1.29. The number of carbonyl (C=O) groups is 1. The number of hydrogen-bond acceptors (Lipinski definition) is 2. The van der Waals surface area contributed by atoms with Gasteiger partial charge in [-0.15, -0.1) is 0 Å². The van der Waals surface area contributed by atoms with E-state index in [1.807, 2.05) is 24.3 Å². The molecule has 0 aliphatic rings. The molecule has 1 rings (SSSR count). The molecule has 1 N–H and O–H groups in total. The number of halogens is 1. The first kappa shape index (κ1) is 17.0. The van der Waals surface area contributed by atoms with Gasteiger partial charge in [-0.05, 0) is 57.8 Å². The molecule has 0 saturated carbocycles. The largest absolute Gasteiger partial charge is 0.544 e. The predicted molar refractivity (Wildman–Crippen MR) is 88.8 cm³/mol. The number of carboxylic acids is 1. The highest BCUT2D eigenvalue weighted by molar-refractivity contribution is 9.12. The zero-order chi connectivity index (χ0) is 15.6. The van der Waals surface area contributed by atoms with E-state index in [9.17, 15) is 4.79 Å². The van der Waals surface area contributed by atoms with E-state index >= 15 is 0 Å². The molecule has 0 radical (unpaired) electrons. The van der Waals surface area contributed by atoms with Crippen LogP contribution >= 0.6 is 15.9 Å². The second kappa shape index (κ2) is 6.14. The monoisotopic (exact) mass is 356 g/mol. The lowest BCUT2D eigenvalue weighted by Crippen LogP contribution is -2.43. The predicted octanol–water partition coefficient (Wildman–Crippen LogP) is 4.89. The molecule has 0 aromatic heterocycles. The van der Waals surface area contributed by atoms with E-state index in [1.165, 1.54) is 0 Å². The van der Waals surface area contributed by atoms with Crippen LogP contribution in [0.25, 0.3) is 6.08 Å². The van der Waals surface area contributed by atoms with Crippen LogP contribution in [-0.2, 0) is 4.79 Å². The zero-order valence-corrected chi connectivity index (χ0v) is 15.1. The smallest absolute Gasteiger partial charge is 0.342 e.